The van der Waals surface area contributed by atoms with Crippen LogP contribution in [0.25, 0.3) is 0 Å². The second-order valence-electron chi connectivity index (χ2n) is 8.74. The van der Waals surface area contributed by atoms with Gasteiger partial charge < -0.3 is 14.7 Å². The van der Waals surface area contributed by atoms with Gasteiger partial charge in [-0.05, 0) is 66.4 Å². The molecule has 186 valence electrons. The Kier molecular flexibility index (Phi) is 7.64. The molecule has 1 fully saturated rings. The minimum Gasteiger partial charge on any atom is -0.495 e. The quantitative estimate of drug-likeness (QED) is 0.488. The monoisotopic (exact) mass is 495 g/mol. The molecule has 1 aliphatic heterocycles. The summed E-state index contributed by atoms with van der Waals surface area (Å²) in [4.78, 5) is 4.34. The largest absolute Gasteiger partial charge is 0.495 e. The van der Waals surface area contributed by atoms with Crippen LogP contribution < -0.4 is 14.4 Å². The van der Waals surface area contributed by atoms with E-state index in [1.54, 1.807) is 37.4 Å². The van der Waals surface area contributed by atoms with E-state index in [0.29, 0.717) is 24.3 Å². The summed E-state index contributed by atoms with van der Waals surface area (Å²) in [7, 11) is -2.13. The van der Waals surface area contributed by atoms with Gasteiger partial charge in [-0.1, -0.05) is 37.3 Å². The molecule has 3 aromatic rings. The molecular weight excluding hydrogens is 462 g/mol. The SMILES string of the molecule is CCc1ccc(NS(=O)(=O)c2ccc(C)c(C(O)N3CCN(c4ccccc4OC)CC3)c2)cc1. The first-order valence-corrected chi connectivity index (χ1v) is 13.3. The number of benzene rings is 3. The summed E-state index contributed by atoms with van der Waals surface area (Å²) in [6.07, 6.45) is -0.00634. The van der Waals surface area contributed by atoms with Crippen molar-refractivity contribution >= 4 is 21.4 Å². The van der Waals surface area contributed by atoms with Crippen LogP contribution in [0.2, 0.25) is 0 Å². The number of ether oxygens (including phenoxy) is 1. The van der Waals surface area contributed by atoms with Crippen LogP contribution in [0, 0.1) is 6.92 Å². The summed E-state index contributed by atoms with van der Waals surface area (Å²) >= 11 is 0. The van der Waals surface area contributed by atoms with Gasteiger partial charge in [-0.3, -0.25) is 9.62 Å². The highest BCUT2D eigenvalue weighted by Crippen LogP contribution is 2.31. The number of methoxy groups -OCH3 is 1. The molecule has 0 radical (unpaired) electrons. The molecule has 8 heteroatoms. The van der Waals surface area contributed by atoms with Gasteiger partial charge in [0, 0.05) is 31.9 Å². The van der Waals surface area contributed by atoms with E-state index in [1.165, 1.54) is 0 Å². The summed E-state index contributed by atoms with van der Waals surface area (Å²) in [5.74, 6) is 0.826. The first-order valence-electron chi connectivity index (χ1n) is 11.8. The van der Waals surface area contributed by atoms with Gasteiger partial charge in [0.05, 0.1) is 17.7 Å². The molecule has 1 heterocycles. The molecule has 0 bridgehead atoms. The lowest BCUT2D eigenvalue weighted by Crippen LogP contribution is -2.47. The number of para-hydroxylation sites is 2. The maximum Gasteiger partial charge on any atom is 0.261 e. The average Bonchev–Trinajstić information content (AvgIpc) is 2.88. The van der Waals surface area contributed by atoms with Crippen LogP contribution in [-0.4, -0.2) is 51.7 Å². The number of hydrogen-bond donors (Lipinski definition) is 2. The summed E-state index contributed by atoms with van der Waals surface area (Å²) in [6.45, 7) is 6.66. The Balaban J connectivity index is 1.48. The summed E-state index contributed by atoms with van der Waals surface area (Å²) in [6, 6.07) is 20.2. The Labute approximate surface area is 208 Å². The maximum atomic E-state index is 13.1. The van der Waals surface area contributed by atoms with E-state index < -0.39 is 16.3 Å². The predicted octanol–water partition coefficient (Wildman–Crippen LogP) is 4.18. The molecule has 2 N–H and O–H groups in total. The lowest BCUT2D eigenvalue weighted by molar-refractivity contribution is -0.00223. The van der Waals surface area contributed by atoms with Crippen molar-refractivity contribution in [3.8, 4) is 5.75 Å². The molecular formula is C27H33N3O4S. The van der Waals surface area contributed by atoms with Gasteiger partial charge in [0.15, 0.2) is 0 Å². The molecule has 7 nitrogen and oxygen atoms in total. The van der Waals surface area contributed by atoms with E-state index in [1.807, 2.05) is 48.2 Å². The van der Waals surface area contributed by atoms with Crippen LogP contribution in [0.3, 0.4) is 0 Å². The van der Waals surface area contributed by atoms with Crippen LogP contribution in [0.1, 0.15) is 29.8 Å². The summed E-state index contributed by atoms with van der Waals surface area (Å²) < 4.78 is 34.2. The van der Waals surface area contributed by atoms with E-state index in [4.69, 9.17) is 4.74 Å². The lowest BCUT2D eigenvalue weighted by atomic mass is 10.1. The van der Waals surface area contributed by atoms with Crippen LogP contribution in [-0.2, 0) is 16.4 Å². The van der Waals surface area contributed by atoms with E-state index in [0.717, 1.165) is 42.1 Å². The van der Waals surface area contributed by atoms with Crippen molar-refractivity contribution in [3.05, 3.63) is 83.4 Å². The van der Waals surface area contributed by atoms with Crippen molar-refractivity contribution in [2.24, 2.45) is 0 Å². The number of nitrogens with zero attached hydrogens (tertiary/aromatic N) is 2. The number of nitrogens with one attached hydrogen (secondary N) is 1. The molecule has 0 aliphatic carbocycles. The third-order valence-corrected chi connectivity index (χ3v) is 7.92. The molecule has 4 rings (SSSR count). The maximum absolute atomic E-state index is 13.1. The Morgan fingerprint density at radius 3 is 2.34 bits per heavy atom. The van der Waals surface area contributed by atoms with Crippen LogP contribution >= 0.6 is 0 Å². The highest BCUT2D eigenvalue weighted by Gasteiger charge is 2.27. The van der Waals surface area contributed by atoms with Crippen molar-refractivity contribution in [3.63, 3.8) is 0 Å². The van der Waals surface area contributed by atoms with Gasteiger partial charge in [-0.2, -0.15) is 0 Å². The van der Waals surface area contributed by atoms with Crippen molar-refractivity contribution in [1.82, 2.24) is 4.90 Å². The number of anilines is 2. The second kappa shape index (κ2) is 10.7. The molecule has 1 atom stereocenters. The zero-order chi connectivity index (χ0) is 25.0. The average molecular weight is 496 g/mol. The van der Waals surface area contributed by atoms with E-state index in [-0.39, 0.29) is 4.90 Å². The van der Waals surface area contributed by atoms with Crippen LogP contribution in [0.5, 0.6) is 5.75 Å². The standard InChI is InChI=1S/C27H33N3O4S/c1-4-21-10-12-22(13-11-21)28-35(32,33)23-14-9-20(2)24(19-23)27(31)30-17-15-29(16-18-30)25-7-5-6-8-26(25)34-3/h5-14,19,27-28,31H,4,15-18H2,1-3H3. The van der Waals surface area contributed by atoms with Crippen LogP contribution in [0.4, 0.5) is 11.4 Å². The molecule has 0 saturated carbocycles. The van der Waals surface area contributed by atoms with E-state index >= 15 is 0 Å². The van der Waals surface area contributed by atoms with Crippen LogP contribution in [0.15, 0.2) is 71.6 Å². The number of sulfonamides is 1. The number of piperazine rings is 1. The Morgan fingerprint density at radius 1 is 1.00 bits per heavy atom. The van der Waals surface area contributed by atoms with Gasteiger partial charge in [0.2, 0.25) is 0 Å². The zero-order valence-electron chi connectivity index (χ0n) is 20.4. The minimum atomic E-state index is -3.79. The van der Waals surface area contributed by atoms with Gasteiger partial charge in [-0.15, -0.1) is 0 Å². The summed E-state index contributed by atoms with van der Waals surface area (Å²) in [5, 5.41) is 11.2. The minimum absolute atomic E-state index is 0.129. The Bertz CT molecular complexity index is 1250. The molecule has 1 unspecified atom stereocenters. The Morgan fingerprint density at radius 2 is 1.69 bits per heavy atom. The fraction of sp³-hybridized carbons (Fsp3) is 0.333. The number of aliphatic hydroxyl groups excluding tert-OH is 1. The molecule has 3 aromatic carbocycles. The van der Waals surface area contributed by atoms with Gasteiger partial charge in [0.1, 0.15) is 12.0 Å². The molecule has 0 aromatic heterocycles. The molecule has 1 saturated heterocycles. The van der Waals surface area contributed by atoms with Crippen molar-refractivity contribution in [2.75, 3.05) is 42.9 Å². The smallest absolute Gasteiger partial charge is 0.261 e. The topological polar surface area (TPSA) is 82.1 Å². The van der Waals surface area contributed by atoms with Gasteiger partial charge >= 0.3 is 0 Å². The fourth-order valence-corrected chi connectivity index (χ4v) is 5.48. The normalized spacial score (nSPS) is 15.6. The second-order valence-corrected chi connectivity index (χ2v) is 10.4. The molecule has 0 amide bonds. The van der Waals surface area contributed by atoms with E-state index in [2.05, 4.69) is 16.5 Å². The van der Waals surface area contributed by atoms with Crippen molar-refractivity contribution in [2.45, 2.75) is 31.4 Å². The fourth-order valence-electron chi connectivity index (χ4n) is 4.38. The third kappa shape index (κ3) is 5.61. The summed E-state index contributed by atoms with van der Waals surface area (Å²) in [5.41, 5.74) is 4.12. The third-order valence-electron chi connectivity index (χ3n) is 6.54. The lowest BCUT2D eigenvalue weighted by Gasteiger charge is -2.39. The zero-order valence-corrected chi connectivity index (χ0v) is 21.3. The highest BCUT2D eigenvalue weighted by atomic mass is 32.2. The number of aliphatic hydroxyl groups is 1. The Hall–Kier alpha value is -3.07. The molecule has 1 aliphatic rings. The number of rotatable bonds is 8. The first kappa shape index (κ1) is 25.0. The first-order chi connectivity index (χ1) is 16.8. The van der Waals surface area contributed by atoms with Gasteiger partial charge in [0.25, 0.3) is 10.0 Å². The van der Waals surface area contributed by atoms with Crippen molar-refractivity contribution in [1.29, 1.82) is 0 Å². The predicted molar refractivity (Wildman–Crippen MR) is 140 cm³/mol. The number of hydrogen-bond acceptors (Lipinski definition) is 6. The van der Waals surface area contributed by atoms with E-state index in [9.17, 15) is 13.5 Å². The molecule has 0 spiro atoms. The van der Waals surface area contributed by atoms with Crippen molar-refractivity contribution < 1.29 is 18.3 Å². The highest BCUT2D eigenvalue weighted by molar-refractivity contribution is 7.92. The number of aryl methyl sites for hydroxylation is 2. The van der Waals surface area contributed by atoms with Gasteiger partial charge in [-0.25, -0.2) is 8.42 Å². The molecule has 35 heavy (non-hydrogen) atoms.